The van der Waals surface area contributed by atoms with Gasteiger partial charge in [0.1, 0.15) is 12.1 Å². The lowest BCUT2D eigenvalue weighted by Gasteiger charge is -2.39. The number of piperazine rings is 1. The van der Waals surface area contributed by atoms with E-state index in [-0.39, 0.29) is 17.9 Å². The fourth-order valence-corrected chi connectivity index (χ4v) is 1.73. The Morgan fingerprint density at radius 2 is 2.20 bits per heavy atom. The van der Waals surface area contributed by atoms with Crippen molar-refractivity contribution < 1.29 is 9.59 Å². The summed E-state index contributed by atoms with van der Waals surface area (Å²) >= 11 is 0. The lowest BCUT2D eigenvalue weighted by atomic mass is 10.0. The Kier molecular flexibility index (Phi) is 3.35. The van der Waals surface area contributed by atoms with Crippen LogP contribution in [0.5, 0.6) is 0 Å². The van der Waals surface area contributed by atoms with E-state index in [1.54, 1.807) is 13.8 Å². The number of carbonyl (C=O) groups is 2. The van der Waals surface area contributed by atoms with Crippen molar-refractivity contribution >= 4 is 11.8 Å². The number of carbonyl (C=O) groups excluding carboxylic acids is 2. The topological polar surface area (TPSA) is 49.4 Å². The highest BCUT2D eigenvalue weighted by molar-refractivity contribution is 5.97. The van der Waals surface area contributed by atoms with E-state index in [4.69, 9.17) is 6.42 Å². The van der Waals surface area contributed by atoms with Crippen LogP contribution in [-0.2, 0) is 9.59 Å². The number of hydrogen-bond acceptors (Lipinski definition) is 2. The maximum absolute atomic E-state index is 11.9. The highest BCUT2D eigenvalue weighted by atomic mass is 16.2. The van der Waals surface area contributed by atoms with E-state index in [9.17, 15) is 9.59 Å². The van der Waals surface area contributed by atoms with E-state index in [0.29, 0.717) is 6.42 Å². The summed E-state index contributed by atoms with van der Waals surface area (Å²) in [5.41, 5.74) is 0. The SMILES string of the molecule is C#CC(C)N1C(=O)C(CC)NC(=O)C1C. The van der Waals surface area contributed by atoms with E-state index in [1.807, 2.05) is 6.92 Å². The number of hydrogen-bond donors (Lipinski definition) is 1. The van der Waals surface area contributed by atoms with Crippen molar-refractivity contribution in [1.29, 1.82) is 0 Å². The monoisotopic (exact) mass is 208 g/mol. The summed E-state index contributed by atoms with van der Waals surface area (Å²) in [4.78, 5) is 25.0. The zero-order valence-electron chi connectivity index (χ0n) is 9.28. The molecule has 1 saturated heterocycles. The number of terminal acetylenes is 1. The Morgan fingerprint density at radius 1 is 1.60 bits per heavy atom. The maximum atomic E-state index is 11.9. The normalized spacial score (nSPS) is 28.3. The summed E-state index contributed by atoms with van der Waals surface area (Å²) in [5, 5.41) is 2.68. The molecule has 0 aliphatic carbocycles. The molecule has 4 nitrogen and oxygen atoms in total. The fraction of sp³-hybridized carbons (Fsp3) is 0.636. The summed E-state index contributed by atoms with van der Waals surface area (Å²) in [7, 11) is 0. The van der Waals surface area contributed by atoms with Gasteiger partial charge in [0.05, 0.1) is 6.04 Å². The smallest absolute Gasteiger partial charge is 0.246 e. The first-order chi connectivity index (χ1) is 7.02. The second-order valence-electron chi connectivity index (χ2n) is 3.73. The molecule has 15 heavy (non-hydrogen) atoms. The highest BCUT2D eigenvalue weighted by Crippen LogP contribution is 2.14. The van der Waals surface area contributed by atoms with Gasteiger partial charge < -0.3 is 10.2 Å². The van der Waals surface area contributed by atoms with E-state index >= 15 is 0 Å². The summed E-state index contributed by atoms with van der Waals surface area (Å²) < 4.78 is 0. The van der Waals surface area contributed by atoms with Crippen LogP contribution in [0.2, 0.25) is 0 Å². The van der Waals surface area contributed by atoms with Crippen LogP contribution in [-0.4, -0.2) is 34.8 Å². The second-order valence-corrected chi connectivity index (χ2v) is 3.73. The predicted octanol–water partition coefficient (Wildman–Crippen LogP) is 0.134. The van der Waals surface area contributed by atoms with Gasteiger partial charge in [-0.3, -0.25) is 9.59 Å². The van der Waals surface area contributed by atoms with Crippen molar-refractivity contribution in [2.24, 2.45) is 0 Å². The summed E-state index contributed by atoms with van der Waals surface area (Å²) in [6.07, 6.45) is 5.87. The molecule has 3 unspecified atom stereocenters. The predicted molar refractivity (Wildman–Crippen MR) is 56.8 cm³/mol. The molecule has 0 aromatic carbocycles. The van der Waals surface area contributed by atoms with Gasteiger partial charge in [0, 0.05) is 0 Å². The molecule has 0 aromatic heterocycles. The van der Waals surface area contributed by atoms with Crippen molar-refractivity contribution in [2.45, 2.75) is 45.3 Å². The molecule has 1 aliphatic rings. The average molecular weight is 208 g/mol. The molecule has 0 spiro atoms. The summed E-state index contributed by atoms with van der Waals surface area (Å²) in [5.74, 6) is 2.26. The van der Waals surface area contributed by atoms with Gasteiger partial charge in [-0.1, -0.05) is 12.8 Å². The average Bonchev–Trinajstić information content (AvgIpc) is 2.23. The lowest BCUT2D eigenvalue weighted by molar-refractivity contribution is -0.149. The van der Waals surface area contributed by atoms with Crippen molar-refractivity contribution in [1.82, 2.24) is 10.2 Å². The standard InChI is InChI=1S/C11H16N2O2/c1-5-7(3)13-8(4)10(14)12-9(6-2)11(13)15/h1,7-9H,6H2,2-4H3,(H,12,14). The third-order valence-corrected chi connectivity index (χ3v) is 2.73. The van der Waals surface area contributed by atoms with Crippen LogP contribution in [0.4, 0.5) is 0 Å². The molecule has 1 heterocycles. The molecular weight excluding hydrogens is 192 g/mol. The maximum Gasteiger partial charge on any atom is 0.246 e. The molecular formula is C11H16N2O2. The summed E-state index contributed by atoms with van der Waals surface area (Å²) in [6.45, 7) is 5.30. The molecule has 1 N–H and O–H groups in total. The molecule has 3 atom stereocenters. The first kappa shape index (κ1) is 11.6. The van der Waals surface area contributed by atoms with Gasteiger partial charge in [0.25, 0.3) is 0 Å². The molecule has 0 radical (unpaired) electrons. The number of amides is 2. The molecule has 0 saturated carbocycles. The minimum absolute atomic E-state index is 0.0879. The van der Waals surface area contributed by atoms with Crippen LogP contribution in [0, 0.1) is 12.3 Å². The Bertz CT molecular complexity index is 319. The van der Waals surface area contributed by atoms with Crippen LogP contribution in [0.1, 0.15) is 27.2 Å². The van der Waals surface area contributed by atoms with Crippen LogP contribution < -0.4 is 5.32 Å². The quantitative estimate of drug-likeness (QED) is 0.656. The first-order valence-electron chi connectivity index (χ1n) is 5.11. The van der Waals surface area contributed by atoms with Crippen molar-refractivity contribution in [3.63, 3.8) is 0 Å². The van der Waals surface area contributed by atoms with Gasteiger partial charge in [-0.2, -0.15) is 0 Å². The van der Waals surface area contributed by atoms with Crippen LogP contribution in [0.3, 0.4) is 0 Å². The van der Waals surface area contributed by atoms with Gasteiger partial charge >= 0.3 is 0 Å². The molecule has 82 valence electrons. The van der Waals surface area contributed by atoms with Crippen LogP contribution >= 0.6 is 0 Å². The van der Waals surface area contributed by atoms with Crippen molar-refractivity contribution in [3.05, 3.63) is 0 Å². The Hall–Kier alpha value is -1.50. The van der Waals surface area contributed by atoms with Gasteiger partial charge in [0.2, 0.25) is 11.8 Å². The van der Waals surface area contributed by atoms with Gasteiger partial charge in [-0.05, 0) is 20.3 Å². The summed E-state index contributed by atoms with van der Waals surface area (Å²) in [6, 6.07) is -1.25. The number of rotatable bonds is 2. The zero-order valence-corrected chi connectivity index (χ0v) is 9.28. The lowest BCUT2D eigenvalue weighted by Crippen LogP contribution is -2.64. The van der Waals surface area contributed by atoms with Crippen molar-refractivity contribution in [3.8, 4) is 12.3 Å². The zero-order chi connectivity index (χ0) is 11.6. The fourth-order valence-electron chi connectivity index (χ4n) is 1.73. The minimum atomic E-state index is -0.480. The number of nitrogens with one attached hydrogen (secondary N) is 1. The molecule has 2 amide bonds. The Labute approximate surface area is 90.0 Å². The highest BCUT2D eigenvalue weighted by Gasteiger charge is 2.38. The van der Waals surface area contributed by atoms with Crippen LogP contribution in [0.25, 0.3) is 0 Å². The molecule has 0 aromatic rings. The molecule has 4 heteroatoms. The van der Waals surface area contributed by atoms with Gasteiger partial charge in [-0.25, -0.2) is 0 Å². The van der Waals surface area contributed by atoms with E-state index in [0.717, 1.165) is 0 Å². The molecule has 0 bridgehead atoms. The largest absolute Gasteiger partial charge is 0.343 e. The van der Waals surface area contributed by atoms with E-state index < -0.39 is 12.1 Å². The third kappa shape index (κ3) is 1.96. The third-order valence-electron chi connectivity index (χ3n) is 2.73. The Balaban J connectivity index is 2.95. The number of nitrogens with zero attached hydrogens (tertiary/aromatic N) is 1. The van der Waals surface area contributed by atoms with E-state index in [1.165, 1.54) is 4.90 Å². The molecule has 1 aliphatic heterocycles. The molecule has 1 rings (SSSR count). The van der Waals surface area contributed by atoms with Crippen molar-refractivity contribution in [2.75, 3.05) is 0 Å². The molecule has 1 fully saturated rings. The minimum Gasteiger partial charge on any atom is -0.343 e. The van der Waals surface area contributed by atoms with E-state index in [2.05, 4.69) is 11.2 Å². The second kappa shape index (κ2) is 4.35. The Morgan fingerprint density at radius 3 is 2.67 bits per heavy atom. The van der Waals surface area contributed by atoms with Gasteiger partial charge in [-0.15, -0.1) is 6.42 Å². The van der Waals surface area contributed by atoms with Gasteiger partial charge in [0.15, 0.2) is 0 Å². The van der Waals surface area contributed by atoms with Crippen LogP contribution in [0.15, 0.2) is 0 Å². The first-order valence-corrected chi connectivity index (χ1v) is 5.11.